The van der Waals surface area contributed by atoms with Gasteiger partial charge in [0.2, 0.25) is 0 Å². The summed E-state index contributed by atoms with van der Waals surface area (Å²) in [7, 11) is 0. The predicted octanol–water partition coefficient (Wildman–Crippen LogP) is 2.42. The third-order valence-corrected chi connectivity index (χ3v) is 3.31. The van der Waals surface area contributed by atoms with Crippen LogP contribution in [-0.4, -0.2) is 47.6 Å². The average molecular weight is 298 g/mol. The Labute approximate surface area is 124 Å². The van der Waals surface area contributed by atoms with Crippen molar-refractivity contribution in [3.8, 4) is 0 Å². The van der Waals surface area contributed by atoms with Gasteiger partial charge >= 0.3 is 0 Å². The van der Waals surface area contributed by atoms with Gasteiger partial charge in [0.1, 0.15) is 11.0 Å². The number of halogens is 1. The highest BCUT2D eigenvalue weighted by molar-refractivity contribution is 6.29. The van der Waals surface area contributed by atoms with Crippen LogP contribution in [0.4, 0.5) is 5.82 Å². The Hall–Kier alpha value is -1.33. The predicted molar refractivity (Wildman–Crippen MR) is 79.3 cm³/mol. The first-order valence-electron chi connectivity index (χ1n) is 6.76. The largest absolute Gasteiger partial charge is 0.372 e. The summed E-state index contributed by atoms with van der Waals surface area (Å²) in [6.45, 7) is 8.38. The van der Waals surface area contributed by atoms with Crippen LogP contribution in [0.15, 0.2) is 12.1 Å². The van der Waals surface area contributed by atoms with E-state index in [-0.39, 0.29) is 11.5 Å². The molecule has 0 saturated carbocycles. The first-order valence-corrected chi connectivity index (χ1v) is 7.14. The zero-order chi connectivity index (χ0) is 14.8. The molecular formula is C14H20ClN3O2. The number of carbonyl (C=O) groups is 1. The second-order valence-corrected chi connectivity index (χ2v) is 5.82. The van der Waals surface area contributed by atoms with Gasteiger partial charge in [-0.05, 0) is 32.9 Å². The van der Waals surface area contributed by atoms with E-state index in [1.54, 1.807) is 17.0 Å². The van der Waals surface area contributed by atoms with E-state index in [0.29, 0.717) is 36.2 Å². The Morgan fingerprint density at radius 2 is 2.30 bits per heavy atom. The minimum absolute atomic E-state index is 0.0372. The zero-order valence-corrected chi connectivity index (χ0v) is 12.8. The molecule has 1 N–H and O–H groups in total. The number of hydrogen-bond acceptors (Lipinski definition) is 4. The first-order chi connectivity index (χ1) is 9.41. The van der Waals surface area contributed by atoms with E-state index in [1.807, 2.05) is 20.8 Å². The summed E-state index contributed by atoms with van der Waals surface area (Å²) in [6.07, 6.45) is 0. The van der Waals surface area contributed by atoms with Gasteiger partial charge in [-0.25, -0.2) is 4.98 Å². The van der Waals surface area contributed by atoms with E-state index in [1.165, 1.54) is 0 Å². The van der Waals surface area contributed by atoms with E-state index >= 15 is 0 Å². The Morgan fingerprint density at radius 3 is 2.95 bits per heavy atom. The molecule has 20 heavy (non-hydrogen) atoms. The molecule has 1 aromatic rings. The average Bonchev–Trinajstić information content (AvgIpc) is 2.36. The van der Waals surface area contributed by atoms with Crippen molar-refractivity contribution in [3.05, 3.63) is 22.8 Å². The smallest absolute Gasteiger partial charge is 0.254 e. The van der Waals surface area contributed by atoms with E-state index in [0.717, 1.165) is 6.54 Å². The van der Waals surface area contributed by atoms with Crippen molar-refractivity contribution in [3.63, 3.8) is 0 Å². The summed E-state index contributed by atoms with van der Waals surface area (Å²) in [5.74, 6) is 0.584. The molecule has 1 amide bonds. The fraction of sp³-hybridized carbons (Fsp3) is 0.571. The fourth-order valence-electron chi connectivity index (χ4n) is 2.26. The highest BCUT2D eigenvalue weighted by Gasteiger charge is 2.30. The number of aromatic nitrogens is 1. The van der Waals surface area contributed by atoms with Crippen molar-refractivity contribution >= 4 is 23.3 Å². The van der Waals surface area contributed by atoms with Crippen LogP contribution in [0.25, 0.3) is 0 Å². The van der Waals surface area contributed by atoms with Crippen LogP contribution in [0.5, 0.6) is 0 Å². The standard InChI is InChI=1S/C14H20ClN3O2/c1-4-16-12-8-10(7-11(15)17-12)13(19)18-5-6-20-14(2,3)9-18/h7-8H,4-6,9H2,1-3H3,(H,16,17). The van der Waals surface area contributed by atoms with E-state index in [2.05, 4.69) is 10.3 Å². The van der Waals surface area contributed by atoms with Gasteiger partial charge in [-0.2, -0.15) is 0 Å². The molecule has 1 aliphatic heterocycles. The van der Waals surface area contributed by atoms with Gasteiger partial charge < -0.3 is 15.0 Å². The number of morpholine rings is 1. The maximum atomic E-state index is 12.6. The van der Waals surface area contributed by atoms with Gasteiger partial charge in [-0.15, -0.1) is 0 Å². The summed E-state index contributed by atoms with van der Waals surface area (Å²) in [6, 6.07) is 3.34. The molecule has 0 aliphatic carbocycles. The van der Waals surface area contributed by atoms with Crippen molar-refractivity contribution < 1.29 is 9.53 Å². The molecule has 0 bridgehead atoms. The van der Waals surface area contributed by atoms with Gasteiger partial charge in [-0.3, -0.25) is 4.79 Å². The summed E-state index contributed by atoms with van der Waals surface area (Å²) in [5, 5.41) is 3.39. The van der Waals surface area contributed by atoms with Gasteiger partial charge in [0.05, 0.1) is 12.2 Å². The molecule has 6 heteroatoms. The van der Waals surface area contributed by atoms with E-state index in [4.69, 9.17) is 16.3 Å². The number of nitrogens with one attached hydrogen (secondary N) is 1. The molecule has 1 fully saturated rings. The van der Waals surface area contributed by atoms with Crippen LogP contribution in [-0.2, 0) is 4.74 Å². The Balaban J connectivity index is 2.20. The number of hydrogen-bond donors (Lipinski definition) is 1. The van der Waals surface area contributed by atoms with E-state index < -0.39 is 0 Å². The highest BCUT2D eigenvalue weighted by atomic mass is 35.5. The molecule has 1 aromatic heterocycles. The molecule has 2 rings (SSSR count). The number of nitrogens with zero attached hydrogens (tertiary/aromatic N) is 2. The Kier molecular flexibility index (Phi) is 4.50. The van der Waals surface area contributed by atoms with Crippen LogP contribution in [0.3, 0.4) is 0 Å². The maximum absolute atomic E-state index is 12.6. The lowest BCUT2D eigenvalue weighted by Crippen LogP contribution is -2.50. The van der Waals surface area contributed by atoms with Crippen LogP contribution >= 0.6 is 11.6 Å². The molecule has 1 aliphatic rings. The van der Waals surface area contributed by atoms with Crippen molar-refractivity contribution in [2.24, 2.45) is 0 Å². The monoisotopic (exact) mass is 297 g/mol. The number of rotatable bonds is 3. The normalized spacial score (nSPS) is 17.9. The maximum Gasteiger partial charge on any atom is 0.254 e. The van der Waals surface area contributed by atoms with Gasteiger partial charge in [0.15, 0.2) is 0 Å². The molecule has 110 valence electrons. The lowest BCUT2D eigenvalue weighted by Gasteiger charge is -2.38. The molecule has 5 nitrogen and oxygen atoms in total. The molecule has 0 aromatic carbocycles. The highest BCUT2D eigenvalue weighted by Crippen LogP contribution is 2.21. The van der Waals surface area contributed by atoms with Gasteiger partial charge in [-0.1, -0.05) is 11.6 Å². The number of anilines is 1. The molecule has 0 unspecified atom stereocenters. The third kappa shape index (κ3) is 3.61. The minimum atomic E-state index is -0.310. The van der Waals surface area contributed by atoms with Crippen LogP contribution < -0.4 is 5.32 Å². The summed E-state index contributed by atoms with van der Waals surface area (Å²) in [5.41, 5.74) is 0.244. The second-order valence-electron chi connectivity index (χ2n) is 5.43. The summed E-state index contributed by atoms with van der Waals surface area (Å²) < 4.78 is 5.62. The van der Waals surface area contributed by atoms with Crippen molar-refractivity contribution in [1.29, 1.82) is 0 Å². The molecule has 1 saturated heterocycles. The molecular weight excluding hydrogens is 278 g/mol. The lowest BCUT2D eigenvalue weighted by atomic mass is 10.1. The number of ether oxygens (including phenoxy) is 1. The van der Waals surface area contributed by atoms with Gasteiger partial charge in [0.25, 0.3) is 5.91 Å². The molecule has 0 spiro atoms. The van der Waals surface area contributed by atoms with Gasteiger partial charge in [0, 0.05) is 25.2 Å². The van der Waals surface area contributed by atoms with Crippen LogP contribution in [0.1, 0.15) is 31.1 Å². The zero-order valence-electron chi connectivity index (χ0n) is 12.1. The summed E-state index contributed by atoms with van der Waals surface area (Å²) in [4.78, 5) is 18.5. The topological polar surface area (TPSA) is 54.5 Å². The van der Waals surface area contributed by atoms with Crippen molar-refractivity contribution in [2.75, 3.05) is 31.6 Å². The minimum Gasteiger partial charge on any atom is -0.372 e. The number of amides is 1. The molecule has 0 atom stereocenters. The number of pyridine rings is 1. The molecule has 0 radical (unpaired) electrons. The lowest BCUT2D eigenvalue weighted by molar-refractivity contribution is -0.0764. The third-order valence-electron chi connectivity index (χ3n) is 3.11. The van der Waals surface area contributed by atoms with E-state index in [9.17, 15) is 4.79 Å². The Bertz CT molecular complexity index is 505. The first kappa shape index (κ1) is 15.1. The SMILES string of the molecule is CCNc1cc(C(=O)N2CCOC(C)(C)C2)cc(Cl)n1. The van der Waals surface area contributed by atoms with Crippen LogP contribution in [0.2, 0.25) is 5.15 Å². The quantitative estimate of drug-likeness (QED) is 0.871. The van der Waals surface area contributed by atoms with Crippen LogP contribution in [0, 0.1) is 0 Å². The fourth-order valence-corrected chi connectivity index (χ4v) is 2.47. The Morgan fingerprint density at radius 1 is 1.55 bits per heavy atom. The molecule has 2 heterocycles. The second kappa shape index (κ2) is 5.97. The van der Waals surface area contributed by atoms with Crippen molar-refractivity contribution in [2.45, 2.75) is 26.4 Å². The summed E-state index contributed by atoms with van der Waals surface area (Å²) >= 11 is 5.98. The van der Waals surface area contributed by atoms with Crippen molar-refractivity contribution in [1.82, 2.24) is 9.88 Å². The number of carbonyl (C=O) groups excluding carboxylic acids is 1.